The fraction of sp³-hybridized carbons (Fsp3) is 0.381. The largest absolute Gasteiger partial charge is 0.494 e. The second kappa shape index (κ2) is 9.60. The predicted molar refractivity (Wildman–Crippen MR) is 107 cm³/mol. The number of rotatable bonds is 6. The maximum atomic E-state index is 12.8. The van der Waals surface area contributed by atoms with Crippen LogP contribution in [0.4, 0.5) is 0 Å². The van der Waals surface area contributed by atoms with Gasteiger partial charge in [-0.3, -0.25) is 4.79 Å². The maximum absolute atomic E-state index is 12.8. The number of nitrogens with two attached hydrogens (primary N) is 1. The van der Waals surface area contributed by atoms with Crippen molar-refractivity contribution in [2.24, 2.45) is 5.73 Å². The summed E-state index contributed by atoms with van der Waals surface area (Å²) >= 11 is 0. The van der Waals surface area contributed by atoms with Crippen LogP contribution >= 0.6 is 12.4 Å². The molecule has 2 aromatic rings. The molecule has 0 unspecified atom stereocenters. The minimum absolute atomic E-state index is 0. The van der Waals surface area contributed by atoms with Crippen LogP contribution in [0.15, 0.2) is 54.6 Å². The van der Waals surface area contributed by atoms with Gasteiger partial charge in [-0.2, -0.15) is 0 Å². The van der Waals surface area contributed by atoms with E-state index in [0.717, 1.165) is 18.6 Å². The monoisotopic (exact) mass is 374 g/mol. The lowest BCUT2D eigenvalue weighted by molar-refractivity contribution is 0.0789. The average Bonchev–Trinajstić information content (AvgIpc) is 3.04. The van der Waals surface area contributed by atoms with Crippen LogP contribution < -0.4 is 10.5 Å². The number of hydrogen-bond acceptors (Lipinski definition) is 3. The standard InChI is InChI=1S/C21H26N2O2.ClH/c1-2-3-13-25-18-11-9-17(10-12-18)21(24)23-14-19(20(22)15-23)16-7-5-4-6-8-16;/h4-12,19-20H,2-3,13-15,22H2,1H3;1H/t19-,20+;/m0./s1. The van der Waals surface area contributed by atoms with Crippen LogP contribution in [0.2, 0.25) is 0 Å². The van der Waals surface area contributed by atoms with E-state index in [1.807, 2.05) is 47.4 Å². The summed E-state index contributed by atoms with van der Waals surface area (Å²) in [5.41, 5.74) is 8.18. The molecule has 0 radical (unpaired) electrons. The first-order chi connectivity index (χ1) is 12.2. The van der Waals surface area contributed by atoms with Gasteiger partial charge in [-0.25, -0.2) is 0 Å². The molecule has 4 nitrogen and oxygen atoms in total. The van der Waals surface area contributed by atoms with Crippen LogP contribution in [0, 0.1) is 0 Å². The Hall–Kier alpha value is -2.04. The minimum Gasteiger partial charge on any atom is -0.494 e. The zero-order valence-electron chi connectivity index (χ0n) is 15.1. The number of carbonyl (C=O) groups excluding carboxylic acids is 1. The third-order valence-electron chi connectivity index (χ3n) is 4.75. The van der Waals surface area contributed by atoms with E-state index in [-0.39, 0.29) is 30.3 Å². The first-order valence-corrected chi connectivity index (χ1v) is 9.01. The number of unbranched alkanes of at least 4 members (excludes halogenated alkanes) is 1. The van der Waals surface area contributed by atoms with E-state index in [9.17, 15) is 4.79 Å². The molecule has 1 amide bonds. The van der Waals surface area contributed by atoms with E-state index in [1.54, 1.807) is 0 Å². The van der Waals surface area contributed by atoms with Crippen molar-refractivity contribution < 1.29 is 9.53 Å². The lowest BCUT2D eigenvalue weighted by atomic mass is 9.95. The first kappa shape index (κ1) is 20.3. The second-order valence-corrected chi connectivity index (χ2v) is 6.62. The van der Waals surface area contributed by atoms with Gasteiger partial charge in [-0.1, -0.05) is 43.7 Å². The second-order valence-electron chi connectivity index (χ2n) is 6.62. The van der Waals surface area contributed by atoms with Crippen molar-refractivity contribution in [1.29, 1.82) is 0 Å². The van der Waals surface area contributed by atoms with Crippen molar-refractivity contribution in [2.45, 2.75) is 31.7 Å². The Morgan fingerprint density at radius 2 is 1.81 bits per heavy atom. The van der Waals surface area contributed by atoms with Crippen LogP contribution in [0.3, 0.4) is 0 Å². The molecule has 0 aliphatic carbocycles. The van der Waals surface area contributed by atoms with Gasteiger partial charge in [0, 0.05) is 30.6 Å². The highest BCUT2D eigenvalue weighted by atomic mass is 35.5. The lowest BCUT2D eigenvalue weighted by Gasteiger charge is -2.17. The molecule has 2 aromatic carbocycles. The number of hydrogen-bond donors (Lipinski definition) is 1. The summed E-state index contributed by atoms with van der Waals surface area (Å²) in [6, 6.07) is 17.6. The number of ether oxygens (including phenoxy) is 1. The van der Waals surface area contributed by atoms with Gasteiger partial charge in [0.1, 0.15) is 5.75 Å². The SMILES string of the molecule is CCCCOc1ccc(C(=O)N2C[C@@H](N)[C@H](c3ccccc3)C2)cc1.Cl. The maximum Gasteiger partial charge on any atom is 0.253 e. The molecule has 1 fully saturated rings. The molecule has 26 heavy (non-hydrogen) atoms. The molecule has 0 saturated carbocycles. The fourth-order valence-electron chi connectivity index (χ4n) is 3.26. The molecular formula is C21H27ClN2O2. The topological polar surface area (TPSA) is 55.6 Å². The molecule has 1 aliphatic heterocycles. The van der Waals surface area contributed by atoms with Gasteiger partial charge in [-0.05, 0) is 36.2 Å². The fourth-order valence-corrected chi connectivity index (χ4v) is 3.26. The Balaban J connectivity index is 0.00000243. The van der Waals surface area contributed by atoms with Crippen molar-refractivity contribution >= 4 is 18.3 Å². The Labute approximate surface area is 161 Å². The van der Waals surface area contributed by atoms with Crippen molar-refractivity contribution in [3.05, 3.63) is 65.7 Å². The Bertz CT molecular complexity index is 691. The quantitative estimate of drug-likeness (QED) is 0.781. The number of nitrogens with zero attached hydrogens (tertiary/aromatic N) is 1. The van der Waals surface area contributed by atoms with Crippen molar-refractivity contribution in [3.63, 3.8) is 0 Å². The third-order valence-corrected chi connectivity index (χ3v) is 4.75. The summed E-state index contributed by atoms with van der Waals surface area (Å²) in [6.45, 7) is 4.10. The van der Waals surface area contributed by atoms with Crippen molar-refractivity contribution in [2.75, 3.05) is 19.7 Å². The van der Waals surface area contributed by atoms with E-state index in [4.69, 9.17) is 10.5 Å². The summed E-state index contributed by atoms with van der Waals surface area (Å²) < 4.78 is 5.65. The molecule has 1 heterocycles. The summed E-state index contributed by atoms with van der Waals surface area (Å²) in [5, 5.41) is 0. The average molecular weight is 375 g/mol. The van der Waals surface area contributed by atoms with Gasteiger partial charge in [0.2, 0.25) is 0 Å². The van der Waals surface area contributed by atoms with Gasteiger partial charge in [0.05, 0.1) is 6.61 Å². The number of carbonyl (C=O) groups is 1. The smallest absolute Gasteiger partial charge is 0.253 e. The van der Waals surface area contributed by atoms with Gasteiger partial charge in [0.15, 0.2) is 0 Å². The highest BCUT2D eigenvalue weighted by Gasteiger charge is 2.34. The van der Waals surface area contributed by atoms with E-state index < -0.39 is 0 Å². The van der Waals surface area contributed by atoms with Crippen LogP contribution in [-0.2, 0) is 0 Å². The predicted octanol–water partition coefficient (Wildman–Crippen LogP) is 3.85. The normalized spacial score (nSPS) is 19.1. The minimum atomic E-state index is -0.0250. The molecule has 5 heteroatoms. The molecule has 2 N–H and O–H groups in total. The molecule has 140 valence electrons. The molecule has 1 saturated heterocycles. The van der Waals surface area contributed by atoms with E-state index in [0.29, 0.717) is 25.3 Å². The summed E-state index contributed by atoms with van der Waals surface area (Å²) in [5.74, 6) is 1.04. The van der Waals surface area contributed by atoms with Crippen molar-refractivity contribution in [1.82, 2.24) is 4.90 Å². The highest BCUT2D eigenvalue weighted by molar-refractivity contribution is 5.94. The molecule has 0 spiro atoms. The van der Waals surface area contributed by atoms with Gasteiger partial charge in [0.25, 0.3) is 5.91 Å². The molecule has 3 rings (SSSR count). The zero-order chi connectivity index (χ0) is 17.6. The van der Waals surface area contributed by atoms with E-state index >= 15 is 0 Å². The van der Waals surface area contributed by atoms with Crippen molar-refractivity contribution in [3.8, 4) is 5.75 Å². The molecule has 0 aromatic heterocycles. The van der Waals surface area contributed by atoms with Crippen LogP contribution in [0.25, 0.3) is 0 Å². The summed E-state index contributed by atoms with van der Waals surface area (Å²) in [4.78, 5) is 14.6. The Morgan fingerprint density at radius 1 is 1.12 bits per heavy atom. The third kappa shape index (κ3) is 4.77. The Morgan fingerprint density at radius 3 is 2.46 bits per heavy atom. The first-order valence-electron chi connectivity index (χ1n) is 9.01. The van der Waals surface area contributed by atoms with Crippen LogP contribution in [0.1, 0.15) is 41.6 Å². The van der Waals surface area contributed by atoms with Gasteiger partial charge in [-0.15, -0.1) is 12.4 Å². The molecular weight excluding hydrogens is 348 g/mol. The van der Waals surface area contributed by atoms with E-state index in [2.05, 4.69) is 19.1 Å². The lowest BCUT2D eigenvalue weighted by Crippen LogP contribution is -2.32. The van der Waals surface area contributed by atoms with E-state index in [1.165, 1.54) is 5.56 Å². The number of amides is 1. The number of halogens is 1. The van der Waals surface area contributed by atoms with Gasteiger partial charge >= 0.3 is 0 Å². The molecule has 1 aliphatic rings. The number of benzene rings is 2. The summed E-state index contributed by atoms with van der Waals surface area (Å²) in [7, 11) is 0. The number of likely N-dealkylation sites (tertiary alicyclic amines) is 1. The Kier molecular flexibility index (Phi) is 7.49. The molecule has 2 atom stereocenters. The zero-order valence-corrected chi connectivity index (χ0v) is 16.0. The van der Waals surface area contributed by atoms with Crippen LogP contribution in [0.5, 0.6) is 5.75 Å². The molecule has 0 bridgehead atoms. The highest BCUT2D eigenvalue weighted by Crippen LogP contribution is 2.27. The summed E-state index contributed by atoms with van der Waals surface area (Å²) in [6.07, 6.45) is 2.14. The van der Waals surface area contributed by atoms with Crippen LogP contribution in [-0.4, -0.2) is 36.5 Å². The van der Waals surface area contributed by atoms with Gasteiger partial charge < -0.3 is 15.4 Å².